The number of carbonyl (C=O) groups excluding carboxylic acids is 1. The molecule has 4 heteroatoms. The highest BCUT2D eigenvalue weighted by molar-refractivity contribution is 5.93. The first-order valence-corrected chi connectivity index (χ1v) is 6.96. The summed E-state index contributed by atoms with van der Waals surface area (Å²) < 4.78 is 5.42. The van der Waals surface area contributed by atoms with Crippen molar-refractivity contribution in [1.82, 2.24) is 10.3 Å². The van der Waals surface area contributed by atoms with E-state index >= 15 is 0 Å². The lowest BCUT2D eigenvalue weighted by Gasteiger charge is -2.04. The third kappa shape index (κ3) is 2.70. The van der Waals surface area contributed by atoms with Crippen molar-refractivity contribution in [3.05, 3.63) is 58.7 Å². The fraction of sp³-hybridized carbons (Fsp3) is 0.235. The van der Waals surface area contributed by atoms with Crippen molar-refractivity contribution in [3.8, 4) is 0 Å². The van der Waals surface area contributed by atoms with Crippen LogP contribution in [0.2, 0.25) is 0 Å². The molecule has 0 unspecified atom stereocenters. The van der Waals surface area contributed by atoms with Gasteiger partial charge in [-0.3, -0.25) is 4.79 Å². The summed E-state index contributed by atoms with van der Waals surface area (Å²) >= 11 is 0. The summed E-state index contributed by atoms with van der Waals surface area (Å²) in [6.07, 6.45) is 0. The highest BCUT2D eigenvalue weighted by Crippen LogP contribution is 2.17. The van der Waals surface area contributed by atoms with Crippen molar-refractivity contribution in [2.45, 2.75) is 27.3 Å². The number of aromatic amines is 1. The van der Waals surface area contributed by atoms with Gasteiger partial charge in [-0.2, -0.15) is 0 Å². The van der Waals surface area contributed by atoms with Gasteiger partial charge in [0.05, 0.1) is 0 Å². The maximum absolute atomic E-state index is 12.1. The second-order valence-electron chi connectivity index (χ2n) is 5.43. The van der Waals surface area contributed by atoms with E-state index in [4.69, 9.17) is 4.42 Å². The average molecular weight is 282 g/mol. The molecule has 1 aromatic carbocycles. The molecule has 4 nitrogen and oxygen atoms in total. The number of furan rings is 1. The monoisotopic (exact) mass is 282 g/mol. The Hall–Kier alpha value is -2.49. The molecule has 0 aliphatic carbocycles. The van der Waals surface area contributed by atoms with Crippen LogP contribution in [0.4, 0.5) is 0 Å². The molecule has 0 radical (unpaired) electrons. The quantitative estimate of drug-likeness (QED) is 0.771. The Kier molecular flexibility index (Phi) is 3.29. The van der Waals surface area contributed by atoms with Crippen LogP contribution in [0.5, 0.6) is 0 Å². The summed E-state index contributed by atoms with van der Waals surface area (Å²) in [6, 6.07) is 10.1. The molecule has 1 amide bonds. The normalized spacial score (nSPS) is 11.0. The summed E-state index contributed by atoms with van der Waals surface area (Å²) in [5.74, 6) is 0.971. The van der Waals surface area contributed by atoms with E-state index in [0.29, 0.717) is 12.3 Å². The summed E-state index contributed by atoms with van der Waals surface area (Å²) in [4.78, 5) is 15.4. The summed E-state index contributed by atoms with van der Waals surface area (Å²) in [6.45, 7) is 6.23. The molecule has 0 spiro atoms. The molecule has 0 atom stereocenters. The number of aromatic nitrogens is 1. The van der Waals surface area contributed by atoms with Gasteiger partial charge in [-0.15, -0.1) is 0 Å². The Morgan fingerprint density at radius 2 is 2.00 bits per heavy atom. The molecule has 0 saturated carbocycles. The third-order valence-electron chi connectivity index (χ3n) is 3.52. The Balaban J connectivity index is 1.73. The van der Waals surface area contributed by atoms with E-state index < -0.39 is 0 Å². The molecule has 3 aromatic rings. The minimum atomic E-state index is -0.175. The van der Waals surface area contributed by atoms with Crippen LogP contribution < -0.4 is 5.32 Å². The minimum absolute atomic E-state index is 0.175. The highest BCUT2D eigenvalue weighted by atomic mass is 16.3. The molecule has 0 fully saturated rings. The molecule has 0 aliphatic heterocycles. The lowest BCUT2D eigenvalue weighted by Crippen LogP contribution is -2.22. The number of carbonyl (C=O) groups is 1. The number of H-pyrrole nitrogens is 1. The van der Waals surface area contributed by atoms with Crippen molar-refractivity contribution < 1.29 is 9.21 Å². The van der Waals surface area contributed by atoms with Gasteiger partial charge in [0.25, 0.3) is 5.91 Å². The van der Waals surface area contributed by atoms with E-state index in [1.54, 1.807) is 0 Å². The Morgan fingerprint density at radius 1 is 1.19 bits per heavy atom. The predicted molar refractivity (Wildman–Crippen MR) is 82.4 cm³/mol. The molecule has 108 valence electrons. The molecule has 0 aliphatic rings. The number of rotatable bonds is 3. The van der Waals surface area contributed by atoms with Crippen LogP contribution in [0.1, 0.15) is 33.1 Å². The molecule has 2 aromatic heterocycles. The minimum Gasteiger partial charge on any atom is -0.456 e. The lowest BCUT2D eigenvalue weighted by atomic mass is 10.1. The fourth-order valence-corrected chi connectivity index (χ4v) is 2.57. The number of benzene rings is 1. The van der Waals surface area contributed by atoms with Gasteiger partial charge in [0.1, 0.15) is 5.76 Å². The summed E-state index contributed by atoms with van der Waals surface area (Å²) in [7, 11) is 0. The Morgan fingerprint density at radius 3 is 2.71 bits per heavy atom. The molecule has 3 rings (SSSR count). The first-order valence-electron chi connectivity index (χ1n) is 6.96. The van der Waals surface area contributed by atoms with Crippen LogP contribution in [0.25, 0.3) is 10.9 Å². The van der Waals surface area contributed by atoms with Gasteiger partial charge in [0, 0.05) is 23.3 Å². The molecular formula is C17H18N2O2. The smallest absolute Gasteiger partial charge is 0.287 e. The number of fused-ring (bicyclic) bond motifs is 1. The summed E-state index contributed by atoms with van der Waals surface area (Å²) in [5.41, 5.74) is 4.17. The number of amides is 1. The fourth-order valence-electron chi connectivity index (χ4n) is 2.57. The zero-order valence-electron chi connectivity index (χ0n) is 12.4. The van der Waals surface area contributed by atoms with Crippen molar-refractivity contribution >= 4 is 16.8 Å². The highest BCUT2D eigenvalue weighted by Gasteiger charge is 2.13. The average Bonchev–Trinajstić information content (AvgIpc) is 2.96. The van der Waals surface area contributed by atoms with Crippen molar-refractivity contribution in [2.24, 2.45) is 0 Å². The SMILES string of the molecule is Cc1cc2cc(CNC(=O)c3oc(C)cc3C)ccc2[nH]1. The molecule has 2 heterocycles. The van der Waals surface area contributed by atoms with Crippen molar-refractivity contribution in [1.29, 1.82) is 0 Å². The van der Waals surface area contributed by atoms with Crippen LogP contribution in [-0.4, -0.2) is 10.9 Å². The van der Waals surface area contributed by atoms with Gasteiger partial charge in [-0.25, -0.2) is 0 Å². The number of hydrogen-bond donors (Lipinski definition) is 2. The maximum Gasteiger partial charge on any atom is 0.287 e. The topological polar surface area (TPSA) is 58.0 Å². The molecule has 0 bridgehead atoms. The van der Waals surface area contributed by atoms with Crippen molar-refractivity contribution in [3.63, 3.8) is 0 Å². The van der Waals surface area contributed by atoms with E-state index in [1.165, 1.54) is 0 Å². The van der Waals surface area contributed by atoms with Crippen LogP contribution >= 0.6 is 0 Å². The molecule has 21 heavy (non-hydrogen) atoms. The first kappa shape index (κ1) is 13.5. The maximum atomic E-state index is 12.1. The van der Waals surface area contributed by atoms with E-state index in [0.717, 1.165) is 33.5 Å². The molecule has 0 saturated heterocycles. The van der Waals surface area contributed by atoms with Crippen LogP contribution in [0.3, 0.4) is 0 Å². The van der Waals surface area contributed by atoms with E-state index in [2.05, 4.69) is 22.4 Å². The third-order valence-corrected chi connectivity index (χ3v) is 3.52. The largest absolute Gasteiger partial charge is 0.456 e. The van der Waals surface area contributed by atoms with Gasteiger partial charge >= 0.3 is 0 Å². The Bertz CT molecular complexity index is 811. The van der Waals surface area contributed by atoms with Gasteiger partial charge in [0.2, 0.25) is 0 Å². The van der Waals surface area contributed by atoms with Crippen LogP contribution in [-0.2, 0) is 6.54 Å². The molecular weight excluding hydrogens is 264 g/mol. The number of hydrogen-bond acceptors (Lipinski definition) is 2. The van der Waals surface area contributed by atoms with Gasteiger partial charge in [0.15, 0.2) is 5.76 Å². The van der Waals surface area contributed by atoms with E-state index in [-0.39, 0.29) is 5.91 Å². The first-order chi connectivity index (χ1) is 10.0. The molecule has 2 N–H and O–H groups in total. The number of nitrogens with one attached hydrogen (secondary N) is 2. The predicted octanol–water partition coefficient (Wildman–Crippen LogP) is 3.62. The van der Waals surface area contributed by atoms with Crippen LogP contribution in [0.15, 0.2) is 34.7 Å². The standard InChI is InChI=1S/C17H18N2O2/c1-10-6-12(3)21-16(10)17(20)18-9-13-4-5-15-14(8-13)7-11(2)19-15/h4-8,19H,9H2,1-3H3,(H,18,20). The second kappa shape index (κ2) is 5.13. The van der Waals surface area contributed by atoms with E-state index in [9.17, 15) is 4.79 Å². The van der Waals surface area contributed by atoms with E-state index in [1.807, 2.05) is 39.0 Å². The van der Waals surface area contributed by atoms with Crippen LogP contribution in [0, 0.1) is 20.8 Å². The van der Waals surface area contributed by atoms with Gasteiger partial charge in [-0.05, 0) is 56.0 Å². The zero-order valence-corrected chi connectivity index (χ0v) is 12.4. The zero-order chi connectivity index (χ0) is 15.0. The Labute approximate surface area is 123 Å². The lowest BCUT2D eigenvalue weighted by molar-refractivity contribution is 0.0921. The summed E-state index contributed by atoms with van der Waals surface area (Å²) in [5, 5.41) is 4.05. The second-order valence-corrected chi connectivity index (χ2v) is 5.43. The van der Waals surface area contributed by atoms with Gasteiger partial charge in [-0.1, -0.05) is 6.07 Å². The van der Waals surface area contributed by atoms with Crippen molar-refractivity contribution in [2.75, 3.05) is 0 Å². The number of aryl methyl sites for hydroxylation is 3. The van der Waals surface area contributed by atoms with Gasteiger partial charge < -0.3 is 14.7 Å².